The summed E-state index contributed by atoms with van der Waals surface area (Å²) in [6, 6.07) is 47.8. The Hall–Kier alpha value is -9.78. The number of aromatic nitrogens is 6. The number of methoxy groups -OCH3 is 2. The Morgan fingerprint density at radius 3 is 1.96 bits per heavy atom. The van der Waals surface area contributed by atoms with E-state index < -0.39 is 80.3 Å². The maximum absolute atomic E-state index is 13.8. The number of ketones is 1. The number of nitrogens with one attached hydrogen (secondary N) is 3. The van der Waals surface area contributed by atoms with Crippen LogP contribution in [0.3, 0.4) is 0 Å². The molecule has 7 atom stereocenters. The summed E-state index contributed by atoms with van der Waals surface area (Å²) in [5.41, 5.74) is 6.16. The molecule has 2 amide bonds. The Balaban J connectivity index is 0.747. The number of ether oxygens (including phenoxy) is 7. The summed E-state index contributed by atoms with van der Waals surface area (Å²) in [7, 11) is 0.906. The van der Waals surface area contributed by atoms with Gasteiger partial charge in [-0.2, -0.15) is 0 Å². The molecular formula is C72H73N8O16P. The van der Waals surface area contributed by atoms with Gasteiger partial charge in [-0.05, 0) is 101 Å². The zero-order valence-corrected chi connectivity index (χ0v) is 54.9. The lowest BCUT2D eigenvalue weighted by atomic mass is 9.80. The topological polar surface area (TPSA) is 283 Å². The summed E-state index contributed by atoms with van der Waals surface area (Å²) in [6.07, 6.45) is -1.28. The van der Waals surface area contributed by atoms with Gasteiger partial charge in [-0.15, -0.1) is 0 Å². The molecule has 0 saturated carbocycles. The summed E-state index contributed by atoms with van der Waals surface area (Å²) >= 11 is 0. The lowest BCUT2D eigenvalue weighted by Gasteiger charge is -2.37. The van der Waals surface area contributed by atoms with Gasteiger partial charge in [-0.3, -0.25) is 28.5 Å². The summed E-state index contributed by atoms with van der Waals surface area (Å²) < 4.78 is 66.4. The van der Waals surface area contributed by atoms with Crippen molar-refractivity contribution in [2.75, 3.05) is 46.0 Å². The molecule has 1 aliphatic carbocycles. The average molecular weight is 1340 g/mol. The number of aromatic amines is 1. The van der Waals surface area contributed by atoms with Crippen LogP contribution in [0.25, 0.3) is 22.3 Å². The minimum Gasteiger partial charge on any atom is -0.497 e. The predicted octanol–water partition coefficient (Wildman–Crippen LogP) is 10.9. The maximum atomic E-state index is 13.8. The number of hydrogen-bond donors (Lipinski definition) is 3. The first kappa shape index (κ1) is 67.2. The second-order valence-corrected chi connectivity index (χ2v) is 24.8. The molecule has 2 fully saturated rings. The number of nitrogens with zero attached hydrogens (tertiary/aromatic N) is 5. The summed E-state index contributed by atoms with van der Waals surface area (Å²) in [6.45, 7) is 5.10. The standard InChI is InChI=1S/C72H73N8O16P/c1-6-34-91-97(96-59-36-62(79-38-44(2)68(83)78-70(79)85)93-60(59)40-90-72(48-14-8-7-9-15-48,49-25-29-51(87-4)30-26-49)50-27-31-52(88-5)32-28-50)92-41-61-58(95-64(82)33-20-45(3)81)35-63(94-61)80-43-76-65-66(74-42-75-67(65)80)77-69(84)47-23-21-46(22-24-47)37-73-71(86)89-39-57-55-18-12-10-16-53(55)54-17-11-13-19-56(54)57/h7-19,21-32,38,42-43,57-63H,6,20,33-37,39-41H2,1-5H3,(H,73,86)(H,78,83,85)(H,74,75,77,84)/t58?,59?,60-,61-,62-,63-,97?/m1/s1. The molecule has 9 aromatic rings. The highest BCUT2D eigenvalue weighted by Gasteiger charge is 2.46. The Labute approximate surface area is 559 Å². The van der Waals surface area contributed by atoms with Crippen molar-refractivity contribution < 1.29 is 65.9 Å². The van der Waals surface area contributed by atoms with Crippen LogP contribution in [0.2, 0.25) is 0 Å². The number of esters is 1. The van der Waals surface area contributed by atoms with Gasteiger partial charge < -0.3 is 62.2 Å². The zero-order chi connectivity index (χ0) is 67.6. The molecule has 24 nitrogen and oxygen atoms in total. The van der Waals surface area contributed by atoms with Crippen LogP contribution in [0.5, 0.6) is 11.5 Å². The van der Waals surface area contributed by atoms with Gasteiger partial charge in [0, 0.05) is 49.0 Å². The second kappa shape index (κ2) is 30.5. The first-order valence-corrected chi connectivity index (χ1v) is 33.0. The van der Waals surface area contributed by atoms with Gasteiger partial charge in [-0.1, -0.05) is 122 Å². The highest BCUT2D eigenvalue weighted by atomic mass is 31.2. The van der Waals surface area contributed by atoms with Gasteiger partial charge in [0.25, 0.3) is 11.5 Å². The van der Waals surface area contributed by atoms with Crippen LogP contribution in [-0.4, -0.2) is 118 Å². The normalized spacial score (nSPS) is 18.4. The van der Waals surface area contributed by atoms with Crippen LogP contribution >= 0.6 is 8.60 Å². The van der Waals surface area contributed by atoms with Crippen LogP contribution in [-0.2, 0) is 59.0 Å². The van der Waals surface area contributed by atoms with Crippen molar-refractivity contribution >= 4 is 49.3 Å². The molecule has 0 spiro atoms. The van der Waals surface area contributed by atoms with E-state index in [0.717, 1.165) is 44.5 Å². The molecule has 25 heteroatoms. The molecule has 0 bridgehead atoms. The molecule has 3 aromatic heterocycles. The lowest BCUT2D eigenvalue weighted by molar-refractivity contribution is -0.153. The highest BCUT2D eigenvalue weighted by Crippen LogP contribution is 2.49. The minimum absolute atomic E-state index is 0.0314. The van der Waals surface area contributed by atoms with Gasteiger partial charge in [0.1, 0.15) is 66.6 Å². The number of carbonyl (C=O) groups is 4. The summed E-state index contributed by atoms with van der Waals surface area (Å²) in [5.74, 6) is 0.0115. The van der Waals surface area contributed by atoms with Gasteiger partial charge in [0.15, 0.2) is 17.0 Å². The maximum Gasteiger partial charge on any atom is 0.407 e. The van der Waals surface area contributed by atoms with E-state index in [0.29, 0.717) is 29.1 Å². The molecule has 502 valence electrons. The van der Waals surface area contributed by atoms with Crippen molar-refractivity contribution in [1.82, 2.24) is 34.4 Å². The third-order valence-corrected chi connectivity index (χ3v) is 18.5. The molecular weight excluding hydrogens is 1260 g/mol. The quantitative estimate of drug-likeness (QED) is 0.0233. The lowest BCUT2D eigenvalue weighted by Crippen LogP contribution is -2.38. The number of Topliss-reactive ketones (excluding diaryl/α,β-unsaturated/α-hetero) is 1. The Morgan fingerprint density at radius 2 is 1.31 bits per heavy atom. The van der Waals surface area contributed by atoms with Crippen molar-refractivity contribution in [2.45, 2.75) is 108 Å². The number of alkyl carbamates (subject to hydrolysis) is 1. The molecule has 97 heavy (non-hydrogen) atoms. The molecule has 3 unspecified atom stereocenters. The molecule has 3 N–H and O–H groups in total. The van der Waals surface area contributed by atoms with E-state index in [4.69, 9.17) is 46.7 Å². The largest absolute Gasteiger partial charge is 0.497 e. The van der Waals surface area contributed by atoms with Gasteiger partial charge in [0.05, 0.1) is 52.9 Å². The van der Waals surface area contributed by atoms with E-state index in [9.17, 15) is 28.8 Å². The molecule has 6 aromatic carbocycles. The third-order valence-electron chi connectivity index (χ3n) is 17.3. The fraction of sp³-hybridized carbons (Fsp3) is 0.319. The second-order valence-electron chi connectivity index (χ2n) is 23.6. The van der Waals surface area contributed by atoms with Gasteiger partial charge >= 0.3 is 26.4 Å². The SMILES string of the molecule is CCCOP(OC[C@H]1O[C@@H](n2cnc3c(NC(=O)c4ccc(CNC(=O)OCC5c6ccccc6-c6ccccc65)cc4)ncnc32)CC1OC(=O)CCC(C)=O)OC1C[C@H](n2cc(C)c(=O)[nH]c2=O)O[C@@H]1COC(c1ccccc1)(c1ccc(OC)cc1)c1ccc(OC)cc1. The summed E-state index contributed by atoms with van der Waals surface area (Å²) in [5, 5.41) is 5.66. The van der Waals surface area contributed by atoms with E-state index in [1.54, 1.807) is 50.0 Å². The zero-order valence-electron chi connectivity index (χ0n) is 54.0. The molecule has 2 saturated heterocycles. The number of fused-ring (bicyclic) bond motifs is 4. The number of hydrogen-bond acceptors (Lipinski definition) is 19. The van der Waals surface area contributed by atoms with Gasteiger partial charge in [-0.25, -0.2) is 24.5 Å². The fourth-order valence-corrected chi connectivity index (χ4v) is 13.5. The van der Waals surface area contributed by atoms with E-state index in [1.807, 2.05) is 110 Å². The Morgan fingerprint density at radius 1 is 0.691 bits per heavy atom. The fourth-order valence-electron chi connectivity index (χ4n) is 12.3. The van der Waals surface area contributed by atoms with Crippen LogP contribution in [0.15, 0.2) is 180 Å². The van der Waals surface area contributed by atoms with E-state index in [2.05, 4.69) is 54.8 Å². The molecule has 5 heterocycles. The van der Waals surface area contributed by atoms with Crippen LogP contribution < -0.4 is 31.4 Å². The van der Waals surface area contributed by atoms with E-state index >= 15 is 0 Å². The monoisotopic (exact) mass is 1340 g/mol. The molecule has 2 aliphatic heterocycles. The van der Waals surface area contributed by atoms with E-state index in [-0.39, 0.29) is 87.3 Å². The number of rotatable bonds is 28. The number of benzene rings is 6. The third kappa shape index (κ3) is 15.1. The average Bonchev–Trinajstić information content (AvgIpc) is 1.75. The number of imidazole rings is 1. The number of H-pyrrole nitrogens is 1. The molecule has 3 aliphatic rings. The van der Waals surface area contributed by atoms with Crippen molar-refractivity contribution in [2.24, 2.45) is 0 Å². The van der Waals surface area contributed by atoms with Crippen molar-refractivity contribution in [1.29, 1.82) is 0 Å². The number of anilines is 1. The smallest absolute Gasteiger partial charge is 0.407 e. The van der Waals surface area contributed by atoms with Crippen LogP contribution in [0.1, 0.15) is 114 Å². The molecule has 12 rings (SSSR count). The first-order chi connectivity index (χ1) is 47.2. The van der Waals surface area contributed by atoms with E-state index in [1.165, 1.54) is 30.3 Å². The number of carbonyl (C=O) groups excluding carboxylic acids is 4. The molecule has 0 radical (unpaired) electrons. The minimum atomic E-state index is -2.28. The Kier molecular flexibility index (Phi) is 21.2. The Bertz CT molecular complexity index is 4290. The van der Waals surface area contributed by atoms with Crippen LogP contribution in [0.4, 0.5) is 10.6 Å². The van der Waals surface area contributed by atoms with Crippen molar-refractivity contribution in [3.05, 3.63) is 236 Å². The predicted molar refractivity (Wildman–Crippen MR) is 357 cm³/mol. The van der Waals surface area contributed by atoms with Crippen molar-refractivity contribution in [3.8, 4) is 22.6 Å². The summed E-state index contributed by atoms with van der Waals surface area (Å²) in [4.78, 5) is 94.3. The van der Waals surface area contributed by atoms with Gasteiger partial charge in [0.2, 0.25) is 0 Å². The van der Waals surface area contributed by atoms with Crippen LogP contribution in [0, 0.1) is 6.92 Å². The highest BCUT2D eigenvalue weighted by molar-refractivity contribution is 7.41. The number of amides is 2. The first-order valence-electron chi connectivity index (χ1n) is 31.9. The van der Waals surface area contributed by atoms with Crippen molar-refractivity contribution in [3.63, 3.8) is 0 Å². The number of aryl methyl sites for hydroxylation is 1.